The van der Waals surface area contributed by atoms with Crippen LogP contribution in [0.25, 0.3) is 0 Å². The number of aliphatic carboxylic acids is 7. The van der Waals surface area contributed by atoms with Crippen LogP contribution in [0.1, 0.15) is 51.4 Å². The van der Waals surface area contributed by atoms with Crippen molar-refractivity contribution >= 4 is 142 Å². The lowest BCUT2D eigenvalue weighted by atomic mass is 9.95. The summed E-state index contributed by atoms with van der Waals surface area (Å²) in [6.07, 6.45) is -85.2. The maximum atomic E-state index is 12.4. The summed E-state index contributed by atoms with van der Waals surface area (Å²) in [6, 6.07) is 0. The van der Waals surface area contributed by atoms with Crippen molar-refractivity contribution in [1.82, 2.24) is 0 Å². The Labute approximate surface area is 769 Å². The highest BCUT2D eigenvalue weighted by atomic mass is 32.2. The van der Waals surface area contributed by atoms with Crippen LogP contribution in [0.3, 0.4) is 0 Å². The fourth-order valence-corrected chi connectivity index (χ4v) is 22.7. The number of methoxy groups -OCH3 is 1. The number of carboxylic acids is 7. The van der Waals surface area contributed by atoms with Crippen molar-refractivity contribution in [2.75, 3.05) is 99.2 Å². The van der Waals surface area contributed by atoms with E-state index in [0.717, 1.165) is 101 Å². The number of carbonyl (C=O) groups is 8. The molecule has 129 heavy (non-hydrogen) atoms. The van der Waals surface area contributed by atoms with Crippen LogP contribution in [0, 0.1) is 0 Å². The molecule has 0 saturated carbocycles. The highest BCUT2D eigenvalue weighted by Crippen LogP contribution is 2.43. The van der Waals surface area contributed by atoms with Crippen LogP contribution in [-0.4, -0.2) is 510 Å². The number of rotatable bonds is 40. The van der Waals surface area contributed by atoms with Gasteiger partial charge in [0.2, 0.25) is 0 Å². The molecule has 0 radical (unpaired) electrons. The van der Waals surface area contributed by atoms with E-state index >= 15 is 0 Å². The summed E-state index contributed by atoms with van der Waals surface area (Å²) >= 11 is 7.18. The van der Waals surface area contributed by atoms with Gasteiger partial charge in [0.05, 0.1) is 107 Å². The van der Waals surface area contributed by atoms with Crippen molar-refractivity contribution in [3.8, 4) is 0 Å². The van der Waals surface area contributed by atoms with Gasteiger partial charge < -0.3 is 198 Å². The molecule has 0 aromatic carbocycles. The molecule has 30 aliphatic rings. The lowest BCUT2D eigenvalue weighted by Gasteiger charge is -2.51. The highest BCUT2D eigenvalue weighted by molar-refractivity contribution is 8.00. The maximum absolute atomic E-state index is 12.4. The molecular formula is C73H114O48S8. The van der Waals surface area contributed by atoms with Gasteiger partial charge in [-0.25, -0.2) is 0 Å². The van der Waals surface area contributed by atoms with Crippen molar-refractivity contribution < 1.29 is 236 Å². The molecule has 742 valence electrons. The van der Waals surface area contributed by atoms with E-state index in [0.29, 0.717) is 0 Å². The van der Waals surface area contributed by atoms with E-state index < -0.39 is 338 Å². The highest BCUT2D eigenvalue weighted by Gasteiger charge is 2.61. The zero-order chi connectivity index (χ0) is 94.4. The van der Waals surface area contributed by atoms with Crippen LogP contribution >= 0.6 is 94.1 Å². The van der Waals surface area contributed by atoms with Gasteiger partial charge in [-0.2, -0.15) is 94.1 Å². The molecule has 0 spiro atoms. The molecule has 0 aliphatic carbocycles. The van der Waals surface area contributed by atoms with Crippen LogP contribution in [0.4, 0.5) is 0 Å². The van der Waals surface area contributed by atoms with Crippen LogP contribution < -0.4 is 0 Å². The first kappa shape index (κ1) is 110. The molecule has 40 unspecified atom stereocenters. The summed E-state index contributed by atoms with van der Waals surface area (Å²) in [5.74, 6) is -13.5. The third kappa shape index (κ3) is 31.1. The third-order valence-electron chi connectivity index (χ3n) is 21.6. The van der Waals surface area contributed by atoms with Crippen LogP contribution in [0.2, 0.25) is 0 Å². The van der Waals surface area contributed by atoms with Crippen LogP contribution in [0.5, 0.6) is 0 Å². The van der Waals surface area contributed by atoms with Crippen molar-refractivity contribution in [3.05, 3.63) is 0 Å². The van der Waals surface area contributed by atoms with Crippen molar-refractivity contribution in [2.45, 2.75) is 297 Å². The molecule has 0 amide bonds. The lowest BCUT2D eigenvalue weighted by molar-refractivity contribution is -0.396. The molecule has 30 rings (SSSR count). The minimum atomic E-state index is -2.32. The van der Waals surface area contributed by atoms with Crippen molar-refractivity contribution in [1.29, 1.82) is 0 Å². The number of esters is 1. The summed E-state index contributed by atoms with van der Waals surface area (Å²) in [7, 11) is 1.12. The van der Waals surface area contributed by atoms with Gasteiger partial charge in [-0.3, -0.25) is 38.4 Å². The van der Waals surface area contributed by atoms with Crippen LogP contribution in [-0.2, 0) is 119 Å². The Morgan fingerprint density at radius 3 is 0.419 bits per heavy atom. The van der Waals surface area contributed by atoms with Crippen molar-refractivity contribution in [2.24, 2.45) is 0 Å². The van der Waals surface area contributed by atoms with E-state index in [2.05, 4.69) is 0 Å². The summed E-state index contributed by atoms with van der Waals surface area (Å²) in [6.45, 7) is 0. The summed E-state index contributed by atoms with van der Waals surface area (Å²) in [5, 5.41) is 263. The molecule has 16 bridgehead atoms. The van der Waals surface area contributed by atoms with Gasteiger partial charge in [0.1, 0.15) is 146 Å². The predicted molar refractivity (Wildman–Crippen MR) is 445 cm³/mol. The first-order chi connectivity index (χ1) is 61.3. The Morgan fingerprint density at radius 1 is 0.194 bits per heavy atom. The van der Waals surface area contributed by atoms with Crippen LogP contribution in [0.15, 0.2) is 0 Å². The SMILES string of the molecule is COC(=O)CCSCC1OC2OC3C(CSCCC(=O)O)OC(OC4C(CSCCC(=O)O)OC(OC5C(CSCCC(=O)O)OC(OC6C(CSCCC(=O)O)OC(OC7C(CSCCC(=O)O)OC(OC8C(CSCCC(=O)O)OC(OC9C(CSCCC(=O)O)OC(OC1C(O)C2O)C(O)C9O)C(O)C8O)C(O)C7O)C(O)C6O)C(O)C5O)C(O)C4O)C(O)C3O. The average Bonchev–Trinajstić information content (AvgIpc) is 0.770. The number of hydrogen-bond acceptors (Lipinski definition) is 49. The Bertz CT molecular complexity index is 3230. The second kappa shape index (κ2) is 53.4. The third-order valence-corrected chi connectivity index (χ3v) is 30.1. The molecule has 30 saturated heterocycles. The first-order valence-electron chi connectivity index (χ1n) is 40.9. The molecule has 40 atom stereocenters. The molecule has 30 fully saturated rings. The number of thioether (sulfide) groups is 8. The molecule has 0 aromatic heterocycles. The van der Waals surface area contributed by atoms with E-state index in [1.165, 1.54) is 0 Å². The molecular weight excluding hydrogens is 1900 g/mol. The van der Waals surface area contributed by atoms with E-state index in [1.807, 2.05) is 0 Å². The second-order valence-electron chi connectivity index (χ2n) is 30.9. The van der Waals surface area contributed by atoms with Gasteiger partial charge in [-0.1, -0.05) is 0 Å². The van der Waals surface area contributed by atoms with Gasteiger partial charge in [0.15, 0.2) is 50.3 Å². The maximum Gasteiger partial charge on any atom is 0.306 e. The first-order valence-corrected chi connectivity index (χ1v) is 50.1. The van der Waals surface area contributed by atoms with E-state index in [-0.39, 0.29) is 98.5 Å². The smallest absolute Gasteiger partial charge is 0.306 e. The lowest BCUT2D eigenvalue weighted by Crippen LogP contribution is -2.69. The average molecular weight is 2020 g/mol. The number of ether oxygens (including phenoxy) is 17. The van der Waals surface area contributed by atoms with E-state index in [4.69, 9.17) is 80.5 Å². The summed E-state index contributed by atoms with van der Waals surface area (Å²) in [5.41, 5.74) is 0. The number of aliphatic hydroxyl groups is 16. The van der Waals surface area contributed by atoms with Crippen molar-refractivity contribution in [3.63, 3.8) is 0 Å². The zero-order valence-electron chi connectivity index (χ0n) is 68.8. The van der Waals surface area contributed by atoms with Gasteiger partial charge in [-0.15, -0.1) is 0 Å². The van der Waals surface area contributed by atoms with E-state index in [9.17, 15) is 156 Å². The largest absolute Gasteiger partial charge is 0.481 e. The normalized spacial score (nSPS) is 41.2. The quantitative estimate of drug-likeness (QED) is 0.0200. The number of hydrogen-bond donors (Lipinski definition) is 23. The molecule has 23 N–H and O–H groups in total. The fourth-order valence-electron chi connectivity index (χ4n) is 14.8. The molecule has 0 aromatic rings. The fraction of sp³-hybridized carbons (Fsp3) is 0.890. The van der Waals surface area contributed by atoms with Gasteiger partial charge in [-0.05, 0) is 0 Å². The Morgan fingerprint density at radius 2 is 0.310 bits per heavy atom. The van der Waals surface area contributed by atoms with E-state index in [1.54, 1.807) is 0 Å². The minimum Gasteiger partial charge on any atom is -0.481 e. The predicted octanol–water partition coefficient (Wildman–Crippen LogP) is -7.59. The topological polar surface area (TPSA) is 759 Å². The molecule has 56 heteroatoms. The standard InChI is InChI=1S/C73H114O48S8/c1-105-41(88)9-17-129-25-33-65-49(96)57(104)73(113-33)120-64-32(24-128-16-8-40(86)87)111-71(55(102)47(64)94)118-62-30(22-126-14-6-38(82)83)109-69(53(100)45(62)92)116-60-28(20-124-12-4-36(78)79)107-67(51(98)43(60)90)114-58-26(18-122-10-2-34(74)75)106-66(50(97)42(58)89)115-59-27(19-123-11-3-35(76)77)108-68(52(99)44(59)91)117-61-29(21-125-13-5-37(80)81)110-70(54(101)46(61)93)119-63-31(23-127-15-7-39(84)85)112-72(121-65)56(103)48(63)95/h26-33,42-73,89-104H,2-25H2,1H3,(H,74,75)(H,76,77)(H,78,79)(H,80,81)(H,82,83)(H,84,85)(H,86,87). The summed E-state index contributed by atoms with van der Waals surface area (Å²) in [4.78, 5) is 95.0. The number of carboxylic acid groups (broad SMARTS) is 7. The number of aliphatic hydroxyl groups excluding tert-OH is 16. The Hall–Kier alpha value is -2.72. The summed E-state index contributed by atoms with van der Waals surface area (Å²) < 4.78 is 105. The second-order valence-corrected chi connectivity index (χ2v) is 40.1. The van der Waals surface area contributed by atoms with Gasteiger partial charge >= 0.3 is 47.8 Å². The zero-order valence-corrected chi connectivity index (χ0v) is 75.4. The number of carbonyl (C=O) groups excluding carboxylic acids is 1. The monoisotopic (exact) mass is 2010 g/mol. The Balaban J connectivity index is 1.12. The minimum absolute atomic E-state index is 0.0227. The Kier molecular flexibility index (Phi) is 45.5. The molecule has 30 aliphatic heterocycles. The van der Waals surface area contributed by atoms with Gasteiger partial charge in [0.25, 0.3) is 0 Å². The molecule has 48 nitrogen and oxygen atoms in total. The van der Waals surface area contributed by atoms with Gasteiger partial charge in [0, 0.05) is 92.0 Å². The molecule has 30 heterocycles.